The number of halogens is 1. The standard InChI is InChI=1S/C19H21FN2O2/c1-14-11-16(20)7-8-17(14)18-12-22(10-9-21-18)19(23)24-13-15-5-3-2-4-6-15/h2-8,11,18,21H,9-10,12-13H2,1H3. The third-order valence-electron chi connectivity index (χ3n) is 4.25. The Kier molecular flexibility index (Phi) is 5.11. The van der Waals surface area contributed by atoms with Gasteiger partial charge in [-0.1, -0.05) is 36.4 Å². The van der Waals surface area contributed by atoms with Crippen molar-refractivity contribution in [2.24, 2.45) is 0 Å². The van der Waals surface area contributed by atoms with Crippen molar-refractivity contribution >= 4 is 6.09 Å². The van der Waals surface area contributed by atoms with E-state index in [1.165, 1.54) is 12.1 Å². The van der Waals surface area contributed by atoms with E-state index in [-0.39, 0.29) is 24.6 Å². The molecule has 0 bridgehead atoms. The Morgan fingerprint density at radius 3 is 2.83 bits per heavy atom. The zero-order valence-electron chi connectivity index (χ0n) is 13.7. The van der Waals surface area contributed by atoms with Crippen molar-refractivity contribution in [3.05, 3.63) is 71.0 Å². The molecule has 0 aliphatic carbocycles. The monoisotopic (exact) mass is 328 g/mol. The lowest BCUT2D eigenvalue weighted by Gasteiger charge is -2.34. The first-order chi connectivity index (χ1) is 11.6. The topological polar surface area (TPSA) is 41.6 Å². The lowest BCUT2D eigenvalue weighted by Crippen LogP contribution is -2.48. The fourth-order valence-corrected chi connectivity index (χ4v) is 2.96. The Balaban J connectivity index is 1.61. The largest absolute Gasteiger partial charge is 0.445 e. The van der Waals surface area contributed by atoms with E-state index in [9.17, 15) is 9.18 Å². The van der Waals surface area contributed by atoms with Gasteiger partial charge in [-0.05, 0) is 35.7 Å². The summed E-state index contributed by atoms with van der Waals surface area (Å²) in [4.78, 5) is 14.0. The van der Waals surface area contributed by atoms with Crippen LogP contribution in [0.2, 0.25) is 0 Å². The van der Waals surface area contributed by atoms with Crippen molar-refractivity contribution in [2.45, 2.75) is 19.6 Å². The molecule has 1 atom stereocenters. The number of carbonyl (C=O) groups excluding carboxylic acids is 1. The summed E-state index contributed by atoms with van der Waals surface area (Å²) in [5.74, 6) is -0.244. The highest BCUT2D eigenvalue weighted by atomic mass is 19.1. The first-order valence-corrected chi connectivity index (χ1v) is 8.08. The molecule has 0 saturated carbocycles. The molecule has 0 aromatic heterocycles. The van der Waals surface area contributed by atoms with Gasteiger partial charge in [0.05, 0.1) is 6.04 Å². The van der Waals surface area contributed by atoms with Crippen molar-refractivity contribution in [2.75, 3.05) is 19.6 Å². The van der Waals surface area contributed by atoms with Crippen LogP contribution < -0.4 is 5.32 Å². The molecular formula is C19H21FN2O2. The summed E-state index contributed by atoms with van der Waals surface area (Å²) in [6, 6.07) is 14.4. The summed E-state index contributed by atoms with van der Waals surface area (Å²) >= 11 is 0. The molecular weight excluding hydrogens is 307 g/mol. The molecule has 1 N–H and O–H groups in total. The van der Waals surface area contributed by atoms with Crippen LogP contribution in [0.5, 0.6) is 0 Å². The van der Waals surface area contributed by atoms with Gasteiger partial charge in [-0.2, -0.15) is 0 Å². The molecule has 5 heteroatoms. The maximum atomic E-state index is 13.3. The number of aryl methyl sites for hydroxylation is 1. The summed E-state index contributed by atoms with van der Waals surface area (Å²) in [5, 5.41) is 3.38. The molecule has 3 rings (SSSR count). The molecule has 1 saturated heterocycles. The van der Waals surface area contributed by atoms with Gasteiger partial charge in [-0.25, -0.2) is 9.18 Å². The Morgan fingerprint density at radius 2 is 2.08 bits per heavy atom. The number of nitrogens with zero attached hydrogens (tertiary/aromatic N) is 1. The SMILES string of the molecule is Cc1cc(F)ccc1C1CN(C(=O)OCc2ccccc2)CCN1. The predicted octanol–water partition coefficient (Wildman–Crippen LogP) is 3.42. The number of hydrogen-bond donors (Lipinski definition) is 1. The smallest absolute Gasteiger partial charge is 0.410 e. The second kappa shape index (κ2) is 7.45. The van der Waals surface area contributed by atoms with Crippen LogP contribution in [-0.4, -0.2) is 30.6 Å². The highest BCUT2D eigenvalue weighted by molar-refractivity contribution is 5.68. The van der Waals surface area contributed by atoms with Crippen LogP contribution >= 0.6 is 0 Å². The van der Waals surface area contributed by atoms with Crippen molar-refractivity contribution < 1.29 is 13.9 Å². The number of piperazine rings is 1. The maximum absolute atomic E-state index is 13.3. The summed E-state index contributed by atoms with van der Waals surface area (Å²) in [6.45, 7) is 3.95. The fourth-order valence-electron chi connectivity index (χ4n) is 2.96. The van der Waals surface area contributed by atoms with Crippen molar-refractivity contribution in [1.82, 2.24) is 10.2 Å². The number of ether oxygens (including phenoxy) is 1. The molecule has 1 amide bonds. The third-order valence-corrected chi connectivity index (χ3v) is 4.25. The van der Waals surface area contributed by atoms with Crippen LogP contribution in [0.15, 0.2) is 48.5 Å². The minimum absolute atomic E-state index is 0.0105. The van der Waals surface area contributed by atoms with E-state index in [1.54, 1.807) is 11.0 Å². The molecule has 2 aromatic carbocycles. The van der Waals surface area contributed by atoms with Crippen LogP contribution in [0.4, 0.5) is 9.18 Å². The van der Waals surface area contributed by atoms with E-state index in [2.05, 4.69) is 5.32 Å². The quantitative estimate of drug-likeness (QED) is 0.939. The Morgan fingerprint density at radius 1 is 1.29 bits per heavy atom. The highest BCUT2D eigenvalue weighted by Gasteiger charge is 2.26. The van der Waals surface area contributed by atoms with Gasteiger partial charge in [-0.3, -0.25) is 0 Å². The molecule has 4 nitrogen and oxygen atoms in total. The number of carbonyl (C=O) groups is 1. The molecule has 126 valence electrons. The Hall–Kier alpha value is -2.40. The summed E-state index contributed by atoms with van der Waals surface area (Å²) in [7, 11) is 0. The molecule has 1 aliphatic rings. The Bertz CT molecular complexity index is 706. The van der Waals surface area contributed by atoms with Gasteiger partial charge >= 0.3 is 6.09 Å². The van der Waals surface area contributed by atoms with Gasteiger partial charge in [0.2, 0.25) is 0 Å². The lowest BCUT2D eigenvalue weighted by molar-refractivity contribution is 0.0849. The van der Waals surface area contributed by atoms with E-state index in [1.807, 2.05) is 37.3 Å². The number of benzene rings is 2. The van der Waals surface area contributed by atoms with E-state index >= 15 is 0 Å². The second-order valence-electron chi connectivity index (χ2n) is 5.99. The van der Waals surface area contributed by atoms with Gasteiger partial charge in [0, 0.05) is 19.6 Å². The second-order valence-corrected chi connectivity index (χ2v) is 5.99. The van der Waals surface area contributed by atoms with Crippen LogP contribution in [-0.2, 0) is 11.3 Å². The van der Waals surface area contributed by atoms with E-state index in [0.717, 1.165) is 16.7 Å². The normalized spacial score (nSPS) is 17.6. The van der Waals surface area contributed by atoms with E-state index < -0.39 is 0 Å². The molecule has 2 aromatic rings. The van der Waals surface area contributed by atoms with E-state index in [0.29, 0.717) is 19.6 Å². The maximum Gasteiger partial charge on any atom is 0.410 e. The van der Waals surface area contributed by atoms with Gasteiger partial charge in [0.1, 0.15) is 12.4 Å². The molecule has 0 spiro atoms. The minimum Gasteiger partial charge on any atom is -0.445 e. The zero-order chi connectivity index (χ0) is 16.9. The van der Waals surface area contributed by atoms with E-state index in [4.69, 9.17) is 4.74 Å². The summed E-state index contributed by atoms with van der Waals surface area (Å²) in [5.41, 5.74) is 2.86. The lowest BCUT2D eigenvalue weighted by atomic mass is 9.99. The van der Waals surface area contributed by atoms with Crippen molar-refractivity contribution in [1.29, 1.82) is 0 Å². The average molecular weight is 328 g/mol. The molecule has 1 heterocycles. The van der Waals surface area contributed by atoms with Crippen molar-refractivity contribution in [3.63, 3.8) is 0 Å². The number of nitrogens with one attached hydrogen (secondary N) is 1. The number of rotatable bonds is 3. The molecule has 24 heavy (non-hydrogen) atoms. The Labute approximate surface area is 141 Å². The fraction of sp³-hybridized carbons (Fsp3) is 0.316. The summed E-state index contributed by atoms with van der Waals surface area (Å²) in [6.07, 6.45) is -0.315. The van der Waals surface area contributed by atoms with Crippen molar-refractivity contribution in [3.8, 4) is 0 Å². The highest BCUT2D eigenvalue weighted by Crippen LogP contribution is 2.22. The average Bonchev–Trinajstić information content (AvgIpc) is 2.60. The van der Waals surface area contributed by atoms with Crippen LogP contribution in [0.1, 0.15) is 22.7 Å². The number of hydrogen-bond acceptors (Lipinski definition) is 3. The van der Waals surface area contributed by atoms with Crippen LogP contribution in [0.25, 0.3) is 0 Å². The van der Waals surface area contributed by atoms with Crippen LogP contribution in [0.3, 0.4) is 0 Å². The number of amides is 1. The summed E-state index contributed by atoms with van der Waals surface area (Å²) < 4.78 is 18.7. The first kappa shape index (κ1) is 16.5. The van der Waals surface area contributed by atoms with Crippen LogP contribution in [0, 0.1) is 12.7 Å². The molecule has 1 aliphatic heterocycles. The molecule has 1 fully saturated rings. The zero-order valence-corrected chi connectivity index (χ0v) is 13.7. The third kappa shape index (κ3) is 3.92. The minimum atomic E-state index is -0.315. The first-order valence-electron chi connectivity index (χ1n) is 8.08. The van der Waals surface area contributed by atoms with Gasteiger partial charge in [0.15, 0.2) is 0 Å². The molecule has 0 radical (unpaired) electrons. The van der Waals surface area contributed by atoms with Gasteiger partial charge in [-0.15, -0.1) is 0 Å². The molecule has 1 unspecified atom stereocenters. The predicted molar refractivity (Wildman–Crippen MR) is 90.1 cm³/mol. The van der Waals surface area contributed by atoms with Gasteiger partial charge < -0.3 is 15.0 Å². The van der Waals surface area contributed by atoms with Gasteiger partial charge in [0.25, 0.3) is 0 Å².